The fourth-order valence-corrected chi connectivity index (χ4v) is 2.58. The average molecular weight is 334 g/mol. The Balaban J connectivity index is 1.60. The van der Waals surface area contributed by atoms with Crippen LogP contribution < -0.4 is 10.1 Å². The molecule has 0 aliphatic rings. The summed E-state index contributed by atoms with van der Waals surface area (Å²) in [5.41, 5.74) is 0.950. The van der Waals surface area contributed by atoms with Gasteiger partial charge in [0, 0.05) is 17.6 Å². The van der Waals surface area contributed by atoms with E-state index in [1.807, 2.05) is 30.3 Å². The van der Waals surface area contributed by atoms with E-state index in [0.717, 1.165) is 10.8 Å². The van der Waals surface area contributed by atoms with Gasteiger partial charge in [0.15, 0.2) is 11.5 Å². The summed E-state index contributed by atoms with van der Waals surface area (Å²) in [5.74, 6) is 0.662. The average Bonchev–Trinajstić information content (AvgIpc) is 3.07. The minimum absolute atomic E-state index is 0.172. The standard InChI is InChI=1S/C17H14N6O2/c1-25-15-7-6-13-20-21-14(23(13)22-15)10-19-17(24)16-12-5-3-2-4-11(12)8-9-18-16/h2-9H,10H2,1H3,(H,19,24). The summed E-state index contributed by atoms with van der Waals surface area (Å²) < 4.78 is 6.64. The number of pyridine rings is 1. The number of hydrogen-bond acceptors (Lipinski definition) is 6. The van der Waals surface area contributed by atoms with E-state index in [4.69, 9.17) is 4.74 Å². The summed E-state index contributed by atoms with van der Waals surface area (Å²) in [5, 5.41) is 16.9. The third-order valence-electron chi connectivity index (χ3n) is 3.81. The number of fused-ring (bicyclic) bond motifs is 2. The topological polar surface area (TPSA) is 94.3 Å². The first-order valence-electron chi connectivity index (χ1n) is 7.63. The fourth-order valence-electron chi connectivity index (χ4n) is 2.58. The Morgan fingerprint density at radius 3 is 2.92 bits per heavy atom. The molecule has 0 fully saturated rings. The molecule has 0 atom stereocenters. The molecular weight excluding hydrogens is 320 g/mol. The van der Waals surface area contributed by atoms with E-state index in [0.29, 0.717) is 23.0 Å². The lowest BCUT2D eigenvalue weighted by atomic mass is 10.1. The molecule has 3 heterocycles. The molecule has 4 rings (SSSR count). The van der Waals surface area contributed by atoms with Crippen LogP contribution in [0, 0.1) is 0 Å². The molecular formula is C17H14N6O2. The number of ether oxygens (including phenoxy) is 1. The van der Waals surface area contributed by atoms with Gasteiger partial charge in [0.2, 0.25) is 5.88 Å². The maximum absolute atomic E-state index is 12.5. The van der Waals surface area contributed by atoms with E-state index < -0.39 is 0 Å². The van der Waals surface area contributed by atoms with Crippen LogP contribution in [0.2, 0.25) is 0 Å². The molecule has 8 heteroatoms. The molecule has 0 aliphatic heterocycles. The minimum atomic E-state index is -0.281. The molecule has 0 saturated carbocycles. The van der Waals surface area contributed by atoms with Crippen LogP contribution in [0.5, 0.6) is 5.88 Å². The Bertz CT molecular complexity index is 1070. The highest BCUT2D eigenvalue weighted by Gasteiger charge is 2.14. The molecule has 3 aromatic heterocycles. The van der Waals surface area contributed by atoms with E-state index in [2.05, 4.69) is 25.6 Å². The molecule has 8 nitrogen and oxygen atoms in total. The van der Waals surface area contributed by atoms with Crippen LogP contribution in [0.15, 0.2) is 48.7 Å². The van der Waals surface area contributed by atoms with Gasteiger partial charge in [-0.15, -0.1) is 15.3 Å². The Hall–Kier alpha value is -3.55. The van der Waals surface area contributed by atoms with Gasteiger partial charge in [-0.05, 0) is 17.5 Å². The van der Waals surface area contributed by atoms with Crippen LogP contribution in [-0.2, 0) is 6.54 Å². The first kappa shape index (κ1) is 15.0. The number of nitrogens with one attached hydrogen (secondary N) is 1. The Morgan fingerprint density at radius 1 is 1.16 bits per heavy atom. The van der Waals surface area contributed by atoms with Crippen LogP contribution in [0.25, 0.3) is 16.4 Å². The zero-order chi connectivity index (χ0) is 17.2. The van der Waals surface area contributed by atoms with E-state index >= 15 is 0 Å². The lowest BCUT2D eigenvalue weighted by Gasteiger charge is -2.06. The summed E-state index contributed by atoms with van der Waals surface area (Å²) in [7, 11) is 1.53. The third-order valence-corrected chi connectivity index (χ3v) is 3.81. The molecule has 25 heavy (non-hydrogen) atoms. The highest BCUT2D eigenvalue weighted by molar-refractivity contribution is 6.05. The second kappa shape index (κ2) is 6.16. The van der Waals surface area contributed by atoms with Gasteiger partial charge >= 0.3 is 0 Å². The number of nitrogens with zero attached hydrogens (tertiary/aromatic N) is 5. The number of benzene rings is 1. The van der Waals surface area contributed by atoms with Gasteiger partial charge < -0.3 is 10.1 Å². The van der Waals surface area contributed by atoms with Crippen molar-refractivity contribution in [1.82, 2.24) is 30.1 Å². The largest absolute Gasteiger partial charge is 0.480 e. The normalized spacial score (nSPS) is 10.9. The van der Waals surface area contributed by atoms with Crippen molar-refractivity contribution >= 4 is 22.3 Å². The van der Waals surface area contributed by atoms with Crippen molar-refractivity contribution in [3.05, 3.63) is 60.2 Å². The lowest BCUT2D eigenvalue weighted by molar-refractivity contribution is 0.0946. The molecule has 1 aromatic carbocycles. The molecule has 124 valence electrons. The Labute approximate surface area is 142 Å². The number of amides is 1. The minimum Gasteiger partial charge on any atom is -0.480 e. The van der Waals surface area contributed by atoms with E-state index in [1.165, 1.54) is 11.6 Å². The van der Waals surface area contributed by atoms with Crippen LogP contribution in [0.3, 0.4) is 0 Å². The first-order chi connectivity index (χ1) is 12.3. The van der Waals surface area contributed by atoms with Crippen LogP contribution in [0.1, 0.15) is 16.3 Å². The number of rotatable bonds is 4. The van der Waals surface area contributed by atoms with Crippen molar-refractivity contribution in [2.45, 2.75) is 6.54 Å². The van der Waals surface area contributed by atoms with Crippen molar-refractivity contribution in [3.8, 4) is 5.88 Å². The fraction of sp³-hybridized carbons (Fsp3) is 0.118. The van der Waals surface area contributed by atoms with Gasteiger partial charge in [-0.2, -0.15) is 4.52 Å². The van der Waals surface area contributed by atoms with Gasteiger partial charge in [-0.25, -0.2) is 0 Å². The van der Waals surface area contributed by atoms with Gasteiger partial charge in [-0.3, -0.25) is 9.78 Å². The number of hydrogen-bond donors (Lipinski definition) is 1. The zero-order valence-corrected chi connectivity index (χ0v) is 13.4. The molecule has 0 bridgehead atoms. The number of methoxy groups -OCH3 is 1. The summed E-state index contributed by atoms with van der Waals surface area (Å²) in [4.78, 5) is 16.7. The summed E-state index contributed by atoms with van der Waals surface area (Å²) >= 11 is 0. The van der Waals surface area contributed by atoms with Crippen molar-refractivity contribution in [3.63, 3.8) is 0 Å². The molecule has 1 amide bonds. The van der Waals surface area contributed by atoms with Crippen molar-refractivity contribution in [2.24, 2.45) is 0 Å². The van der Waals surface area contributed by atoms with Crippen molar-refractivity contribution in [2.75, 3.05) is 7.11 Å². The highest BCUT2D eigenvalue weighted by atomic mass is 16.5. The monoisotopic (exact) mass is 334 g/mol. The maximum atomic E-state index is 12.5. The SMILES string of the molecule is COc1ccc2nnc(CNC(=O)c3nccc4ccccc34)n2n1. The predicted molar refractivity (Wildman–Crippen MR) is 90.2 cm³/mol. The predicted octanol–water partition coefficient (Wildman–Crippen LogP) is 1.61. The molecule has 1 N–H and O–H groups in total. The first-order valence-corrected chi connectivity index (χ1v) is 7.63. The van der Waals surface area contributed by atoms with Crippen LogP contribution in [-0.4, -0.2) is 37.8 Å². The van der Waals surface area contributed by atoms with Gasteiger partial charge in [-0.1, -0.05) is 24.3 Å². The van der Waals surface area contributed by atoms with E-state index in [9.17, 15) is 4.79 Å². The summed E-state index contributed by atoms with van der Waals surface area (Å²) in [6, 6.07) is 12.9. The van der Waals surface area contributed by atoms with Crippen molar-refractivity contribution < 1.29 is 9.53 Å². The summed E-state index contributed by atoms with van der Waals surface area (Å²) in [6.07, 6.45) is 1.62. The Morgan fingerprint density at radius 2 is 2.04 bits per heavy atom. The van der Waals surface area contributed by atoms with Crippen LogP contribution in [0.4, 0.5) is 0 Å². The van der Waals surface area contributed by atoms with Crippen LogP contribution >= 0.6 is 0 Å². The van der Waals surface area contributed by atoms with Gasteiger partial charge in [0.05, 0.1) is 13.7 Å². The second-order valence-corrected chi connectivity index (χ2v) is 5.33. The number of carbonyl (C=O) groups excluding carboxylic acids is 1. The smallest absolute Gasteiger partial charge is 0.270 e. The van der Waals surface area contributed by atoms with Crippen molar-refractivity contribution in [1.29, 1.82) is 0 Å². The zero-order valence-electron chi connectivity index (χ0n) is 13.4. The molecule has 0 spiro atoms. The number of carbonyl (C=O) groups is 1. The maximum Gasteiger partial charge on any atom is 0.270 e. The third kappa shape index (κ3) is 2.74. The molecule has 0 radical (unpaired) electrons. The van der Waals surface area contributed by atoms with Gasteiger partial charge in [0.25, 0.3) is 5.91 Å². The van der Waals surface area contributed by atoms with E-state index in [-0.39, 0.29) is 12.5 Å². The molecule has 0 saturated heterocycles. The lowest BCUT2D eigenvalue weighted by Crippen LogP contribution is -2.25. The number of aromatic nitrogens is 5. The van der Waals surface area contributed by atoms with Gasteiger partial charge in [0.1, 0.15) is 5.69 Å². The van der Waals surface area contributed by atoms with E-state index in [1.54, 1.807) is 18.3 Å². The molecule has 0 aliphatic carbocycles. The second-order valence-electron chi connectivity index (χ2n) is 5.33. The molecule has 4 aromatic rings. The highest BCUT2D eigenvalue weighted by Crippen LogP contribution is 2.16. The summed E-state index contributed by atoms with van der Waals surface area (Å²) in [6.45, 7) is 0.172. The Kier molecular flexibility index (Phi) is 3.70. The quantitative estimate of drug-likeness (QED) is 0.609. The molecule has 0 unspecified atom stereocenters.